The highest BCUT2D eigenvalue weighted by atomic mass is 19.1. The minimum atomic E-state index is -1.75. The van der Waals surface area contributed by atoms with Gasteiger partial charge in [-0.15, -0.1) is 0 Å². The number of benzene rings is 4. The number of nitrogens with two attached hydrogens (primary N) is 1. The molecule has 0 spiro atoms. The van der Waals surface area contributed by atoms with Crippen molar-refractivity contribution in [3.8, 4) is 5.75 Å². The van der Waals surface area contributed by atoms with Crippen molar-refractivity contribution >= 4 is 75.9 Å². The lowest BCUT2D eigenvalue weighted by Crippen LogP contribution is -2.62. The molecule has 2 unspecified atom stereocenters. The molecule has 1 aliphatic carbocycles. The lowest BCUT2D eigenvalue weighted by Gasteiger charge is -2.37. The van der Waals surface area contributed by atoms with Gasteiger partial charge in [-0.05, 0) is 123 Å². The first-order chi connectivity index (χ1) is 49.0. The fraction of sp³-hybridized carbons (Fsp3) is 0.473. The van der Waals surface area contributed by atoms with Crippen molar-refractivity contribution in [2.24, 2.45) is 11.1 Å². The van der Waals surface area contributed by atoms with E-state index in [9.17, 15) is 33.9 Å². The molecule has 1 aromatic heterocycles. The van der Waals surface area contributed by atoms with Gasteiger partial charge in [-0.25, -0.2) is 4.39 Å². The topological polar surface area (TPSA) is 363 Å². The number of carbonyl (C=O) groups is 11. The molecule has 0 radical (unpaired) electrons. The Morgan fingerprint density at radius 2 is 1.44 bits per heavy atom. The van der Waals surface area contributed by atoms with Gasteiger partial charge in [-0.1, -0.05) is 72.8 Å². The van der Waals surface area contributed by atoms with E-state index in [4.69, 9.17) is 15.2 Å². The molecule has 12 rings (SSSR count). The quantitative estimate of drug-likeness (QED) is 0.109. The van der Waals surface area contributed by atoms with Crippen molar-refractivity contribution in [3.63, 3.8) is 0 Å². The Morgan fingerprint density at radius 1 is 0.696 bits per heavy atom. The fourth-order valence-corrected chi connectivity index (χ4v) is 14.7. The number of aromatic nitrogens is 1. The van der Waals surface area contributed by atoms with Crippen LogP contribution in [0.5, 0.6) is 5.75 Å². The first kappa shape index (κ1) is 73.2. The lowest BCUT2D eigenvalue weighted by atomic mass is 9.95. The number of carbonyl (C=O) groups excluding carboxylic acids is 11. The largest absolute Gasteiger partial charge is 0.497 e. The third kappa shape index (κ3) is 16.5. The number of piperidine rings is 1. The van der Waals surface area contributed by atoms with Gasteiger partial charge in [0.15, 0.2) is 0 Å². The second-order valence-corrected chi connectivity index (χ2v) is 27.6. The Hall–Kier alpha value is -10.1. The third-order valence-corrected chi connectivity index (χ3v) is 20.5. The molecule has 542 valence electrons. The molecule has 6 aliphatic heterocycles. The number of rotatable bonds is 5. The second-order valence-electron chi connectivity index (χ2n) is 27.6. The Morgan fingerprint density at radius 3 is 2.20 bits per heavy atom. The van der Waals surface area contributed by atoms with Gasteiger partial charge >= 0.3 is 0 Å². The predicted molar refractivity (Wildman–Crippen MR) is 370 cm³/mol. The molecule has 7 heterocycles. The summed E-state index contributed by atoms with van der Waals surface area (Å²) in [6, 6.07) is 15.2. The maximum atomic E-state index is 16.0. The van der Waals surface area contributed by atoms with Gasteiger partial charge in [0.1, 0.15) is 65.4 Å². The van der Waals surface area contributed by atoms with Gasteiger partial charge in [0.2, 0.25) is 65.0 Å². The van der Waals surface area contributed by atoms with Crippen LogP contribution in [0.1, 0.15) is 99.1 Å². The number of hydrogen-bond acceptors (Lipinski definition) is 15. The third-order valence-electron chi connectivity index (χ3n) is 20.5. The summed E-state index contributed by atoms with van der Waals surface area (Å²) >= 11 is 0. The molecule has 28 heteroatoms. The van der Waals surface area contributed by atoms with E-state index in [0.29, 0.717) is 64.6 Å². The monoisotopic (exact) mass is 1400 g/mol. The number of nitrogens with zero attached hydrogens (tertiary/aromatic N) is 4. The molecule has 4 aromatic carbocycles. The summed E-state index contributed by atoms with van der Waals surface area (Å²) in [4.78, 5) is 166. The minimum absolute atomic E-state index is 0.0490. The van der Waals surface area contributed by atoms with Crippen molar-refractivity contribution in [2.75, 3.05) is 46.4 Å². The van der Waals surface area contributed by atoms with Crippen LogP contribution in [0.2, 0.25) is 0 Å². The molecule has 11 atom stereocenters. The Labute approximate surface area is 589 Å². The zero-order valence-electron chi connectivity index (χ0n) is 57.7. The minimum Gasteiger partial charge on any atom is -0.497 e. The maximum Gasteiger partial charge on any atom is 0.246 e. The van der Waals surface area contributed by atoms with Gasteiger partial charge in [-0.3, -0.25) is 52.7 Å². The van der Waals surface area contributed by atoms with Crippen LogP contribution in [-0.4, -0.2) is 196 Å². The number of nitrogens with one attached hydrogen (secondary N) is 8. The number of fused-ring (bicyclic) bond motifs is 16. The smallest absolute Gasteiger partial charge is 0.246 e. The highest BCUT2D eigenvalue weighted by Crippen LogP contribution is 2.59. The van der Waals surface area contributed by atoms with Gasteiger partial charge in [0.25, 0.3) is 0 Å². The van der Waals surface area contributed by atoms with Crippen molar-refractivity contribution < 1.29 is 71.7 Å². The van der Waals surface area contributed by atoms with Gasteiger partial charge in [-0.2, -0.15) is 0 Å². The van der Waals surface area contributed by atoms with E-state index in [0.717, 1.165) is 11.1 Å². The van der Waals surface area contributed by atoms with Crippen LogP contribution in [-0.2, 0) is 103 Å². The van der Waals surface area contributed by atoms with Crippen LogP contribution in [0.3, 0.4) is 0 Å². The van der Waals surface area contributed by atoms with E-state index < -0.39 is 143 Å². The molecular formula is C74H90FN13O14. The highest BCUT2D eigenvalue weighted by molar-refractivity contribution is 6.00. The molecule has 7 aliphatic rings. The number of ether oxygens (including phenoxy) is 2. The summed E-state index contributed by atoms with van der Waals surface area (Å²) < 4.78 is 29.2. The van der Waals surface area contributed by atoms with Crippen molar-refractivity contribution in [2.45, 2.75) is 171 Å². The number of methoxy groups -OCH3 is 1. The molecule has 102 heavy (non-hydrogen) atoms. The Bertz CT molecular complexity index is 4050. The summed E-state index contributed by atoms with van der Waals surface area (Å²) in [5.41, 5.74) is 7.38. The van der Waals surface area contributed by atoms with Crippen LogP contribution >= 0.6 is 0 Å². The molecular weight excluding hydrogens is 1310 g/mol. The average Bonchev–Trinajstić information content (AvgIpc) is 1.51. The SMILES string of the molecule is COc1ccc(C[C@@H]2NC(=O)[C@H]([C@@H](C)O)NC(=O)C34CCN5C(=O)[C@@H]6Cc7cn(c8ccc(F)cc78)C/C=C/CCCN(Cc7ccc(cc7)CCNC(=O)[C@]7(C)CCCN7C2=O)C(=O)CCC(=O)N[C@@H](C)C(=O)N[C@H](CN)C(=O)N[C@@H](Cc2cccc(c2)CNC(=O)CO[C@@H]3C54)C(=O)N6)cc1. The summed E-state index contributed by atoms with van der Waals surface area (Å²) in [6.45, 7) is 4.11. The van der Waals surface area contributed by atoms with Crippen molar-refractivity contribution in [3.05, 3.63) is 149 Å². The van der Waals surface area contributed by atoms with Crippen LogP contribution in [0, 0.1) is 11.2 Å². The number of halogens is 1. The summed E-state index contributed by atoms with van der Waals surface area (Å²) in [5.74, 6) is -7.84. The number of amides is 11. The summed E-state index contributed by atoms with van der Waals surface area (Å²) in [5, 5.41) is 34.2. The molecule has 11 N–H and O–H groups in total. The van der Waals surface area contributed by atoms with Crippen molar-refractivity contribution in [1.82, 2.24) is 61.8 Å². The van der Waals surface area contributed by atoms with E-state index in [1.54, 1.807) is 72.6 Å². The predicted octanol–water partition coefficient (Wildman–Crippen LogP) is 0.913. The Balaban J connectivity index is 1.01. The molecule has 5 aromatic rings. The molecule has 12 bridgehead atoms. The molecule has 11 amide bonds. The first-order valence-corrected chi connectivity index (χ1v) is 34.9. The summed E-state index contributed by atoms with van der Waals surface area (Å²) in [6.07, 6.45) is 3.63. The van der Waals surface area contributed by atoms with Crippen LogP contribution in [0.25, 0.3) is 10.9 Å². The van der Waals surface area contributed by atoms with Gasteiger partial charge in [0, 0.05) is 102 Å². The zero-order valence-corrected chi connectivity index (χ0v) is 57.7. The second kappa shape index (κ2) is 31.9. The normalized spacial score (nSPS) is 28.0. The van der Waals surface area contributed by atoms with E-state index >= 15 is 28.4 Å². The average molecular weight is 1400 g/mol. The maximum absolute atomic E-state index is 16.0. The molecule has 3 fully saturated rings. The van der Waals surface area contributed by atoms with Crippen molar-refractivity contribution in [1.29, 1.82) is 0 Å². The van der Waals surface area contributed by atoms with E-state index in [1.807, 2.05) is 41.0 Å². The van der Waals surface area contributed by atoms with Gasteiger partial charge < -0.3 is 82.1 Å². The van der Waals surface area contributed by atoms with Gasteiger partial charge in [0.05, 0.1) is 25.4 Å². The summed E-state index contributed by atoms with van der Waals surface area (Å²) in [7, 11) is 1.50. The highest BCUT2D eigenvalue weighted by Gasteiger charge is 2.77. The number of allylic oxidation sites excluding steroid dienone is 2. The van der Waals surface area contributed by atoms with E-state index in [2.05, 4.69) is 42.5 Å². The zero-order chi connectivity index (χ0) is 72.6. The lowest BCUT2D eigenvalue weighted by molar-refractivity contribution is -0.147. The Kier molecular flexibility index (Phi) is 22.9. The number of aliphatic hydroxyl groups excluding tert-OH is 1. The fourth-order valence-electron chi connectivity index (χ4n) is 14.7. The van der Waals surface area contributed by atoms with E-state index in [1.165, 1.54) is 42.9 Å². The molecule has 2 saturated heterocycles. The van der Waals surface area contributed by atoms with Crippen LogP contribution < -0.4 is 53.0 Å². The standard InChI is InChI=1S/C74H90FN13O14/c1-43-65(93)83-57(38-76)67(95)80-54-35-48-11-9-12-49(33-48)39-78-60(91)42-102-64-63-74(64)27-32-87(63)69(97)56(81-66(54)94)36-50-41-85(58-22-19-51(75)37-53(50)58)29-7-5-6-8-30-86(61(92)24-23-59(90)79-43)40-47-15-13-45(14-16-47)25-28-77-71(99)73(3)26-10-31-88(73)70(98)55(34-46-17-20-52(101-4)21-18-46)82-68(96)62(44(2)89)84-72(74)100/h5,7,9,11-22,33,37,41,43-44,54-57,62-64,89H,6,8,10,23-32,34-36,38-40,42,76H2,1-4H3,(H,77,99)(H,78,91)(H,79,90)(H,80,95)(H,81,94)(H,82,96)(H,83,93)(H,84,100)/b7-5+/t43-,44+,54-,55-,56-,57+,62-,63?,64+,73-,74?/m0/s1. The number of aliphatic hydroxyl groups is 1. The molecule has 27 nitrogen and oxygen atoms in total. The van der Waals surface area contributed by atoms with Crippen LogP contribution in [0.4, 0.5) is 4.39 Å². The first-order valence-electron chi connectivity index (χ1n) is 34.9. The molecule has 1 saturated carbocycles. The van der Waals surface area contributed by atoms with E-state index in [-0.39, 0.29) is 96.7 Å². The van der Waals surface area contributed by atoms with Crippen LogP contribution in [0.15, 0.2) is 109 Å². The number of hydrogen-bond donors (Lipinski definition) is 10.